The molecule has 0 aliphatic rings. The first-order valence-corrected chi connectivity index (χ1v) is 6.40. The van der Waals surface area contributed by atoms with Gasteiger partial charge in [-0.25, -0.2) is 0 Å². The monoisotopic (exact) mass is 240 g/mol. The topological polar surface area (TPSA) is 0 Å². The Hall–Kier alpha value is 0.580. The molecule has 2 atom stereocenters. The van der Waals surface area contributed by atoms with Gasteiger partial charge in [0.1, 0.15) is 0 Å². The fourth-order valence-electron chi connectivity index (χ4n) is 0.883. The van der Waals surface area contributed by atoms with E-state index in [0.29, 0.717) is 11.3 Å². The van der Waals surface area contributed by atoms with Crippen LogP contribution in [0.4, 0.5) is 0 Å². The minimum absolute atomic E-state index is 0.0191. The second kappa shape index (κ2) is 8.85. The zero-order valence-electron chi connectivity index (χ0n) is 10.5. The largest absolute Gasteiger partial charge is 0.123 e. The van der Waals surface area contributed by atoms with Gasteiger partial charge in [0.2, 0.25) is 0 Å². The van der Waals surface area contributed by atoms with E-state index in [4.69, 9.17) is 23.2 Å². The summed E-state index contributed by atoms with van der Waals surface area (Å²) >= 11 is 11.6. The van der Waals surface area contributed by atoms with Crippen molar-refractivity contribution >= 4 is 23.2 Å². The van der Waals surface area contributed by atoms with Gasteiger partial charge in [-0.15, -0.1) is 23.2 Å². The van der Waals surface area contributed by atoms with Crippen LogP contribution in [0.15, 0.2) is 0 Å². The molecule has 0 aromatic carbocycles. The van der Waals surface area contributed by atoms with Gasteiger partial charge in [-0.05, 0) is 33.1 Å². The third kappa shape index (κ3) is 12.6. The molecule has 0 fully saturated rings. The first kappa shape index (κ1) is 17.0. The quantitative estimate of drug-likeness (QED) is 0.573. The Kier molecular flexibility index (Phi) is 10.7. The predicted molar refractivity (Wildman–Crippen MR) is 69.6 cm³/mol. The molecule has 88 valence electrons. The predicted octanol–water partition coefficient (Wildman–Crippen LogP) is 5.46. The summed E-state index contributed by atoms with van der Waals surface area (Å²) in [6, 6.07) is 0. The van der Waals surface area contributed by atoms with E-state index in [1.165, 1.54) is 6.42 Å². The zero-order chi connectivity index (χ0) is 11.8. The third-order valence-electron chi connectivity index (χ3n) is 2.47. The van der Waals surface area contributed by atoms with E-state index in [9.17, 15) is 0 Å². The highest BCUT2D eigenvalue weighted by atomic mass is 35.5. The van der Waals surface area contributed by atoms with Crippen molar-refractivity contribution in [3.8, 4) is 0 Å². The second-order valence-corrected chi connectivity index (χ2v) is 6.16. The van der Waals surface area contributed by atoms with Crippen LogP contribution in [0.3, 0.4) is 0 Å². The normalized spacial score (nSPS) is 15.4. The van der Waals surface area contributed by atoms with Gasteiger partial charge in [0.15, 0.2) is 0 Å². The number of hydrogen-bond donors (Lipinski definition) is 0. The van der Waals surface area contributed by atoms with Crippen molar-refractivity contribution in [1.82, 2.24) is 0 Å². The number of alkyl halides is 2. The molecule has 0 nitrogen and oxygen atoms in total. The highest BCUT2D eigenvalue weighted by molar-refractivity contribution is 6.23. The maximum atomic E-state index is 5.98. The van der Waals surface area contributed by atoms with Crippen LogP contribution in [0.1, 0.15) is 60.8 Å². The van der Waals surface area contributed by atoms with Gasteiger partial charge >= 0.3 is 0 Å². The Bertz CT molecular complexity index is 114. The molecule has 2 heteroatoms. The molecule has 0 bridgehead atoms. The fourth-order valence-corrected chi connectivity index (χ4v) is 1.26. The maximum Gasteiger partial charge on any atom is 0.0416 e. The third-order valence-corrected chi connectivity index (χ3v) is 3.06. The maximum absolute atomic E-state index is 5.98. The molecule has 0 aromatic heterocycles. The van der Waals surface area contributed by atoms with Crippen LogP contribution in [-0.2, 0) is 0 Å². The second-order valence-electron chi connectivity index (χ2n) is 4.44. The number of halogens is 2. The summed E-state index contributed by atoms with van der Waals surface area (Å²) in [5, 5.41) is 0.370. The first-order chi connectivity index (χ1) is 6.25. The molecular weight excluding hydrogens is 215 g/mol. The molecule has 0 rings (SSSR count). The molecule has 0 spiro atoms. The lowest BCUT2D eigenvalue weighted by Crippen LogP contribution is -2.20. The lowest BCUT2D eigenvalue weighted by molar-refractivity contribution is 0.439. The molecular formula is C12H26Cl2. The van der Waals surface area contributed by atoms with E-state index in [-0.39, 0.29) is 4.87 Å². The summed E-state index contributed by atoms with van der Waals surface area (Å²) in [4.78, 5) is -0.0191. The molecule has 0 heterocycles. The van der Waals surface area contributed by atoms with Gasteiger partial charge in [-0.2, -0.15) is 0 Å². The van der Waals surface area contributed by atoms with Gasteiger partial charge in [-0.3, -0.25) is 0 Å². The summed E-state index contributed by atoms with van der Waals surface area (Å²) < 4.78 is 0. The van der Waals surface area contributed by atoms with E-state index in [0.717, 1.165) is 12.8 Å². The highest BCUT2D eigenvalue weighted by Gasteiger charge is 2.19. The van der Waals surface area contributed by atoms with Crippen molar-refractivity contribution in [2.75, 3.05) is 0 Å². The summed E-state index contributed by atoms with van der Waals surface area (Å²) in [6.07, 6.45) is 3.50. The van der Waals surface area contributed by atoms with E-state index >= 15 is 0 Å². The molecule has 0 saturated carbocycles. The molecule has 14 heavy (non-hydrogen) atoms. The summed E-state index contributed by atoms with van der Waals surface area (Å²) in [5.74, 6) is 0.615. The van der Waals surface area contributed by atoms with Crippen molar-refractivity contribution in [3.63, 3.8) is 0 Å². The smallest absolute Gasteiger partial charge is 0.0416 e. The number of rotatable bonds is 4. The van der Waals surface area contributed by atoms with E-state index < -0.39 is 0 Å². The average Bonchev–Trinajstić information content (AvgIpc) is 2.02. The van der Waals surface area contributed by atoms with Crippen LogP contribution >= 0.6 is 23.2 Å². The summed E-state index contributed by atoms with van der Waals surface area (Å²) in [5.41, 5.74) is 0. The van der Waals surface area contributed by atoms with Crippen LogP contribution in [0.25, 0.3) is 0 Å². The van der Waals surface area contributed by atoms with E-state index in [2.05, 4.69) is 34.6 Å². The van der Waals surface area contributed by atoms with Gasteiger partial charge in [0.25, 0.3) is 0 Å². The summed E-state index contributed by atoms with van der Waals surface area (Å²) in [6.45, 7) is 12.6. The van der Waals surface area contributed by atoms with Crippen molar-refractivity contribution < 1.29 is 0 Å². The Morgan fingerprint density at radius 1 is 1.14 bits per heavy atom. The fraction of sp³-hybridized carbons (Fsp3) is 1.00. The molecule has 0 N–H and O–H groups in total. The molecule has 0 saturated heterocycles. The van der Waals surface area contributed by atoms with Crippen molar-refractivity contribution in [2.45, 2.75) is 71.1 Å². The zero-order valence-corrected chi connectivity index (χ0v) is 12.0. The van der Waals surface area contributed by atoms with Crippen LogP contribution in [0.5, 0.6) is 0 Å². The van der Waals surface area contributed by atoms with Gasteiger partial charge in [-0.1, -0.05) is 33.6 Å². The lowest BCUT2D eigenvalue weighted by atomic mass is 9.95. The molecule has 0 aromatic rings. The highest BCUT2D eigenvalue weighted by Crippen LogP contribution is 2.25. The first-order valence-electron chi connectivity index (χ1n) is 5.58. The molecule has 2 unspecified atom stereocenters. The Morgan fingerprint density at radius 2 is 1.57 bits per heavy atom. The minimum Gasteiger partial charge on any atom is -0.123 e. The van der Waals surface area contributed by atoms with Crippen LogP contribution in [-0.4, -0.2) is 10.3 Å². The van der Waals surface area contributed by atoms with Crippen molar-refractivity contribution in [3.05, 3.63) is 0 Å². The van der Waals surface area contributed by atoms with Gasteiger partial charge < -0.3 is 0 Å². The van der Waals surface area contributed by atoms with Gasteiger partial charge in [0, 0.05) is 10.3 Å². The van der Waals surface area contributed by atoms with Gasteiger partial charge in [0.05, 0.1) is 0 Å². The average molecular weight is 241 g/mol. The van der Waals surface area contributed by atoms with Crippen LogP contribution < -0.4 is 0 Å². The lowest BCUT2D eigenvalue weighted by Gasteiger charge is -2.22. The summed E-state index contributed by atoms with van der Waals surface area (Å²) in [7, 11) is 0. The Morgan fingerprint density at radius 3 is 1.57 bits per heavy atom. The van der Waals surface area contributed by atoms with Crippen molar-refractivity contribution in [2.24, 2.45) is 5.92 Å². The molecule has 0 amide bonds. The molecule has 0 radical (unpaired) electrons. The standard InChI is InChI=1S/C7H15Cl.C5H11Cl/c1-5-6(2)7(3,4)8;1-3-4-5(2)6/h6H,5H2,1-4H3;5H,3-4H2,1-2H3. The van der Waals surface area contributed by atoms with E-state index in [1.54, 1.807) is 0 Å². The Labute approximate surface area is 100 Å². The minimum atomic E-state index is -0.0191. The van der Waals surface area contributed by atoms with Crippen LogP contribution in [0.2, 0.25) is 0 Å². The van der Waals surface area contributed by atoms with E-state index in [1.807, 2.05) is 6.92 Å². The molecule has 0 aliphatic heterocycles. The Balaban J connectivity index is 0. The number of hydrogen-bond acceptors (Lipinski definition) is 0. The van der Waals surface area contributed by atoms with Crippen molar-refractivity contribution in [1.29, 1.82) is 0 Å². The SMILES string of the molecule is CCC(C)C(C)(C)Cl.CCCC(C)Cl. The molecule has 0 aliphatic carbocycles. The van der Waals surface area contributed by atoms with Crippen LogP contribution in [0, 0.1) is 5.92 Å².